The van der Waals surface area contributed by atoms with Gasteiger partial charge in [0.15, 0.2) is 0 Å². The lowest BCUT2D eigenvalue weighted by Crippen LogP contribution is -2.02. The van der Waals surface area contributed by atoms with Gasteiger partial charge < -0.3 is 0 Å². The second-order valence-corrected chi connectivity index (χ2v) is 8.68. The maximum atomic E-state index is 2.40. The maximum Gasteiger partial charge on any atom is 0.0134 e. The van der Waals surface area contributed by atoms with Crippen molar-refractivity contribution in [1.82, 2.24) is 0 Å². The molecule has 1 heteroatoms. The third kappa shape index (κ3) is 2.68. The molecule has 0 fully saturated rings. The van der Waals surface area contributed by atoms with E-state index >= 15 is 0 Å². The first kappa shape index (κ1) is 18.3. The standard InChI is InChI=1S/C28H24S/c1-17-10-9-15-24-26(17)23-14-8-7-12-21(23)20-11-5-6-13-22(20)25-16-18(2)28(29-4)19(3)27(24)25/h5-16H,1-4H3. The molecular weight excluding hydrogens is 368 g/mol. The molecule has 0 aromatic heterocycles. The van der Waals surface area contributed by atoms with E-state index in [9.17, 15) is 0 Å². The molecular formula is C28H24S. The van der Waals surface area contributed by atoms with Crippen molar-refractivity contribution in [2.75, 3.05) is 6.26 Å². The van der Waals surface area contributed by atoms with Crippen molar-refractivity contribution in [3.05, 3.63) is 89.5 Å². The Kier molecular flexibility index (Phi) is 4.37. The summed E-state index contributed by atoms with van der Waals surface area (Å²) in [4.78, 5) is 1.39. The second-order valence-electron chi connectivity index (χ2n) is 7.86. The largest absolute Gasteiger partial charge is 0.129 e. The highest BCUT2D eigenvalue weighted by molar-refractivity contribution is 7.98. The van der Waals surface area contributed by atoms with E-state index in [4.69, 9.17) is 0 Å². The van der Waals surface area contributed by atoms with E-state index < -0.39 is 0 Å². The fraction of sp³-hybridized carbons (Fsp3) is 0.143. The molecule has 0 amide bonds. The Bertz CT molecular complexity index is 1260. The summed E-state index contributed by atoms with van der Waals surface area (Å²) in [5.41, 5.74) is 14.8. The Labute approximate surface area is 177 Å². The number of fused-ring (bicyclic) bond motifs is 8. The summed E-state index contributed by atoms with van der Waals surface area (Å²) in [6.07, 6.45) is 2.19. The molecule has 142 valence electrons. The Balaban J connectivity index is 2.05. The number of hydrogen-bond acceptors (Lipinski definition) is 1. The van der Waals surface area contributed by atoms with Crippen LogP contribution >= 0.6 is 11.8 Å². The summed E-state index contributed by atoms with van der Waals surface area (Å²) < 4.78 is 0. The fourth-order valence-corrected chi connectivity index (χ4v) is 5.75. The predicted octanol–water partition coefficient (Wildman–Crippen LogP) is 8.32. The predicted molar refractivity (Wildman–Crippen MR) is 128 cm³/mol. The van der Waals surface area contributed by atoms with Gasteiger partial charge in [0.25, 0.3) is 0 Å². The first-order chi connectivity index (χ1) is 14.1. The zero-order valence-electron chi connectivity index (χ0n) is 17.3. The Morgan fingerprint density at radius 1 is 0.517 bits per heavy atom. The molecule has 0 saturated heterocycles. The minimum atomic E-state index is 1.31. The van der Waals surface area contributed by atoms with Gasteiger partial charge in [-0.05, 0) is 94.3 Å². The average molecular weight is 393 g/mol. The molecule has 0 radical (unpaired) electrons. The van der Waals surface area contributed by atoms with Crippen molar-refractivity contribution in [2.45, 2.75) is 25.7 Å². The summed E-state index contributed by atoms with van der Waals surface area (Å²) >= 11 is 1.85. The lowest BCUT2D eigenvalue weighted by atomic mass is 9.78. The zero-order valence-corrected chi connectivity index (χ0v) is 18.2. The number of rotatable bonds is 1. The molecule has 5 rings (SSSR count). The van der Waals surface area contributed by atoms with Crippen LogP contribution in [0.3, 0.4) is 0 Å². The highest BCUT2D eigenvalue weighted by Gasteiger charge is 2.25. The van der Waals surface area contributed by atoms with Gasteiger partial charge in [-0.1, -0.05) is 66.7 Å². The quantitative estimate of drug-likeness (QED) is 0.258. The number of benzene rings is 4. The maximum absolute atomic E-state index is 2.40. The number of aryl methyl sites for hydroxylation is 2. The van der Waals surface area contributed by atoms with Crippen molar-refractivity contribution in [3.8, 4) is 44.5 Å². The minimum Gasteiger partial charge on any atom is -0.129 e. The first-order valence-electron chi connectivity index (χ1n) is 10.1. The van der Waals surface area contributed by atoms with Crippen molar-refractivity contribution < 1.29 is 0 Å². The van der Waals surface area contributed by atoms with Crippen molar-refractivity contribution in [1.29, 1.82) is 0 Å². The zero-order chi connectivity index (χ0) is 20.1. The van der Waals surface area contributed by atoms with Gasteiger partial charge in [0, 0.05) is 4.90 Å². The van der Waals surface area contributed by atoms with Gasteiger partial charge in [-0.15, -0.1) is 11.8 Å². The Morgan fingerprint density at radius 2 is 1.07 bits per heavy atom. The lowest BCUT2D eigenvalue weighted by molar-refractivity contribution is 1.22. The molecule has 0 aliphatic heterocycles. The van der Waals surface area contributed by atoms with Crippen molar-refractivity contribution in [3.63, 3.8) is 0 Å². The van der Waals surface area contributed by atoms with Crippen molar-refractivity contribution >= 4 is 11.8 Å². The van der Waals surface area contributed by atoms with Crippen LogP contribution in [0.1, 0.15) is 16.7 Å². The molecule has 1 aliphatic carbocycles. The van der Waals surface area contributed by atoms with Gasteiger partial charge in [0.1, 0.15) is 0 Å². The SMILES string of the molecule is CSc1c(C)cc2c(c1C)-c1cccc(C)c1-c1ccccc1-c1ccccc1-2. The van der Waals surface area contributed by atoms with Gasteiger partial charge in [-0.25, -0.2) is 0 Å². The lowest BCUT2D eigenvalue weighted by Gasteiger charge is -2.27. The van der Waals surface area contributed by atoms with Crippen LogP contribution in [0.4, 0.5) is 0 Å². The molecule has 29 heavy (non-hydrogen) atoms. The van der Waals surface area contributed by atoms with Crippen LogP contribution < -0.4 is 0 Å². The summed E-state index contributed by atoms with van der Waals surface area (Å²) in [5, 5.41) is 0. The molecule has 0 saturated carbocycles. The third-order valence-electron chi connectivity index (χ3n) is 6.15. The molecule has 0 heterocycles. The van der Waals surface area contributed by atoms with E-state index in [1.165, 1.54) is 66.1 Å². The minimum absolute atomic E-state index is 1.31. The van der Waals surface area contributed by atoms with Gasteiger partial charge in [-0.3, -0.25) is 0 Å². The molecule has 4 aromatic rings. The normalized spacial score (nSPS) is 11.6. The first-order valence-corrected chi connectivity index (χ1v) is 11.3. The summed E-state index contributed by atoms with van der Waals surface area (Å²) in [6.45, 7) is 6.77. The molecule has 0 spiro atoms. The van der Waals surface area contributed by atoms with Crippen LogP contribution in [0.2, 0.25) is 0 Å². The monoisotopic (exact) mass is 392 g/mol. The molecule has 1 aliphatic rings. The second kappa shape index (κ2) is 6.93. The average Bonchev–Trinajstić information content (AvgIpc) is 2.73. The van der Waals surface area contributed by atoms with Crippen LogP contribution in [-0.4, -0.2) is 6.26 Å². The third-order valence-corrected chi connectivity index (χ3v) is 7.19. The Hall–Kier alpha value is -2.77. The number of thioether (sulfide) groups is 1. The Morgan fingerprint density at radius 3 is 1.72 bits per heavy atom. The van der Waals surface area contributed by atoms with Gasteiger partial charge >= 0.3 is 0 Å². The summed E-state index contributed by atoms with van der Waals surface area (Å²) in [7, 11) is 0. The van der Waals surface area contributed by atoms with Crippen LogP contribution in [0.15, 0.2) is 77.7 Å². The van der Waals surface area contributed by atoms with Crippen LogP contribution in [-0.2, 0) is 0 Å². The van der Waals surface area contributed by atoms with E-state index in [-0.39, 0.29) is 0 Å². The molecule has 0 unspecified atom stereocenters. The summed E-state index contributed by atoms with van der Waals surface area (Å²) in [5.74, 6) is 0. The van der Waals surface area contributed by atoms with Crippen LogP contribution in [0.25, 0.3) is 44.5 Å². The molecule has 0 N–H and O–H groups in total. The van der Waals surface area contributed by atoms with E-state index in [1.807, 2.05) is 11.8 Å². The highest BCUT2D eigenvalue weighted by atomic mass is 32.2. The van der Waals surface area contributed by atoms with Crippen LogP contribution in [0.5, 0.6) is 0 Å². The summed E-state index contributed by atoms with van der Waals surface area (Å²) in [6, 6.07) is 26.9. The molecule has 0 nitrogen and oxygen atoms in total. The van der Waals surface area contributed by atoms with Gasteiger partial charge in [0.2, 0.25) is 0 Å². The van der Waals surface area contributed by atoms with Crippen molar-refractivity contribution in [2.24, 2.45) is 0 Å². The van der Waals surface area contributed by atoms with E-state index in [0.717, 1.165) is 0 Å². The topological polar surface area (TPSA) is 0 Å². The van der Waals surface area contributed by atoms with E-state index in [1.54, 1.807) is 0 Å². The van der Waals surface area contributed by atoms with Crippen LogP contribution in [0, 0.1) is 20.8 Å². The van der Waals surface area contributed by atoms with Gasteiger partial charge in [-0.2, -0.15) is 0 Å². The molecule has 4 aromatic carbocycles. The molecule has 0 atom stereocenters. The fourth-order valence-electron chi connectivity index (χ4n) is 4.96. The van der Waals surface area contributed by atoms with E-state index in [2.05, 4.69) is 99.8 Å². The van der Waals surface area contributed by atoms with E-state index in [0.29, 0.717) is 0 Å². The smallest absolute Gasteiger partial charge is 0.0134 e. The highest BCUT2D eigenvalue weighted by Crippen LogP contribution is 2.51. The van der Waals surface area contributed by atoms with Gasteiger partial charge in [0.05, 0.1) is 0 Å². The molecule has 0 bridgehead atoms. The number of hydrogen-bond donors (Lipinski definition) is 0.